The topological polar surface area (TPSA) is 114 Å². The summed E-state index contributed by atoms with van der Waals surface area (Å²) in [5, 5.41) is 18.2. The van der Waals surface area contributed by atoms with Gasteiger partial charge in [0.15, 0.2) is 0 Å². The Labute approximate surface area is 143 Å². The number of rotatable bonds is 6. The molecular weight excluding hydrogens is 345 g/mol. The second-order valence-corrected chi connectivity index (χ2v) is 5.18. The highest BCUT2D eigenvalue weighted by atomic mass is 35.5. The molecule has 0 bridgehead atoms. The number of carboxylic acid groups (broad SMARTS) is 2. The van der Waals surface area contributed by atoms with Crippen LogP contribution in [0, 0.1) is 0 Å². The fourth-order valence-corrected chi connectivity index (χ4v) is 2.33. The van der Waals surface area contributed by atoms with E-state index >= 15 is 0 Å². The lowest BCUT2D eigenvalue weighted by molar-refractivity contribution is -0.137. The van der Waals surface area contributed by atoms with Crippen LogP contribution in [0.15, 0.2) is 34.9 Å². The van der Waals surface area contributed by atoms with Crippen LogP contribution in [0.4, 0.5) is 0 Å². The van der Waals surface area contributed by atoms with Crippen molar-refractivity contribution < 1.29 is 24.2 Å². The van der Waals surface area contributed by atoms with E-state index in [1.54, 1.807) is 18.2 Å². The van der Waals surface area contributed by atoms with Gasteiger partial charge in [-0.2, -0.15) is 0 Å². The van der Waals surface area contributed by atoms with Crippen LogP contribution < -0.4 is 5.73 Å². The van der Waals surface area contributed by atoms with Crippen LogP contribution in [0.2, 0.25) is 5.02 Å². The summed E-state index contributed by atoms with van der Waals surface area (Å²) in [6.07, 6.45) is 1.02. The Hall–Kier alpha value is -2.02. The van der Waals surface area contributed by atoms with Crippen molar-refractivity contribution in [2.75, 3.05) is 6.54 Å². The minimum Gasteiger partial charge on any atom is -0.481 e. The number of halogens is 2. The van der Waals surface area contributed by atoms with Gasteiger partial charge in [-0.05, 0) is 30.3 Å². The average molecular weight is 360 g/mol. The number of hydrogen-bond donors (Lipinski definition) is 3. The lowest BCUT2D eigenvalue weighted by Crippen LogP contribution is -2.16. The summed E-state index contributed by atoms with van der Waals surface area (Å²) in [5.41, 5.74) is 6.84. The molecule has 1 heterocycles. The van der Waals surface area contributed by atoms with Crippen LogP contribution in [0.1, 0.15) is 28.3 Å². The smallest absolute Gasteiger partial charge is 0.338 e. The van der Waals surface area contributed by atoms with Gasteiger partial charge in [0.2, 0.25) is 0 Å². The SMILES string of the molecule is Cl.NC[C@H](CC(=O)O)c1ccc(Cl)c(-c2cc(C(=O)O)co2)c1. The summed E-state index contributed by atoms with van der Waals surface area (Å²) in [6.45, 7) is 0.173. The zero-order valence-corrected chi connectivity index (χ0v) is 13.4. The second kappa shape index (κ2) is 8.01. The summed E-state index contributed by atoms with van der Waals surface area (Å²) in [7, 11) is 0. The molecule has 0 spiro atoms. The van der Waals surface area contributed by atoms with E-state index in [0.29, 0.717) is 21.9 Å². The molecule has 6 nitrogen and oxygen atoms in total. The third-order valence-corrected chi connectivity index (χ3v) is 3.61. The number of nitrogens with two attached hydrogens (primary N) is 1. The van der Waals surface area contributed by atoms with Crippen LogP contribution in [0.5, 0.6) is 0 Å². The van der Waals surface area contributed by atoms with Gasteiger partial charge >= 0.3 is 11.9 Å². The van der Waals surface area contributed by atoms with Crippen molar-refractivity contribution in [3.8, 4) is 11.3 Å². The number of aliphatic carboxylic acids is 1. The Morgan fingerprint density at radius 2 is 1.96 bits per heavy atom. The molecule has 0 aliphatic carbocycles. The number of furan rings is 1. The highest BCUT2D eigenvalue weighted by Crippen LogP contribution is 2.33. The van der Waals surface area contributed by atoms with E-state index in [1.807, 2.05) is 0 Å². The van der Waals surface area contributed by atoms with Crippen molar-refractivity contribution in [3.05, 3.63) is 46.7 Å². The Balaban J connectivity index is 0.00000264. The van der Waals surface area contributed by atoms with Gasteiger partial charge in [-0.3, -0.25) is 4.79 Å². The largest absolute Gasteiger partial charge is 0.481 e. The summed E-state index contributed by atoms with van der Waals surface area (Å²) >= 11 is 6.12. The molecule has 0 amide bonds. The number of hydrogen-bond acceptors (Lipinski definition) is 4. The van der Waals surface area contributed by atoms with Crippen LogP contribution in [0.25, 0.3) is 11.3 Å². The molecule has 0 saturated carbocycles. The molecule has 124 valence electrons. The normalized spacial score (nSPS) is 11.6. The summed E-state index contributed by atoms with van der Waals surface area (Å²) < 4.78 is 5.23. The van der Waals surface area contributed by atoms with Crippen LogP contribution in [0.3, 0.4) is 0 Å². The molecular formula is C15H15Cl2NO5. The standard InChI is InChI=1S/C15H14ClNO5.ClH/c16-12-2-1-8(9(6-17)5-14(18)19)3-11(12)13-4-10(7-22-13)15(20)21;/h1-4,7,9H,5-6,17H2,(H,18,19)(H,20,21);1H/t9-;/m0./s1. The van der Waals surface area contributed by atoms with Crippen LogP contribution in [-0.2, 0) is 4.79 Å². The molecule has 1 aromatic heterocycles. The Bertz CT molecular complexity index is 714. The fraction of sp³-hybridized carbons (Fsp3) is 0.200. The van der Waals surface area contributed by atoms with Gasteiger partial charge in [0.1, 0.15) is 12.0 Å². The molecule has 2 rings (SSSR count). The minimum atomic E-state index is -1.10. The van der Waals surface area contributed by atoms with Crippen molar-refractivity contribution in [2.24, 2.45) is 5.73 Å². The summed E-state index contributed by atoms with van der Waals surface area (Å²) in [4.78, 5) is 21.8. The van der Waals surface area contributed by atoms with Gasteiger partial charge < -0.3 is 20.4 Å². The molecule has 0 fully saturated rings. The predicted molar refractivity (Wildman–Crippen MR) is 87.4 cm³/mol. The third-order valence-electron chi connectivity index (χ3n) is 3.28. The molecule has 0 aliphatic heterocycles. The minimum absolute atomic E-state index is 0. The van der Waals surface area contributed by atoms with Crippen molar-refractivity contribution in [2.45, 2.75) is 12.3 Å². The van der Waals surface area contributed by atoms with E-state index in [-0.39, 0.29) is 36.9 Å². The average Bonchev–Trinajstić information content (AvgIpc) is 2.95. The maximum atomic E-state index is 10.9. The second-order valence-electron chi connectivity index (χ2n) is 4.77. The first-order valence-electron chi connectivity index (χ1n) is 6.46. The molecule has 2 aromatic rings. The van der Waals surface area contributed by atoms with Gasteiger partial charge in [-0.25, -0.2) is 4.79 Å². The lowest BCUT2D eigenvalue weighted by atomic mass is 9.94. The third kappa shape index (κ3) is 4.48. The summed E-state index contributed by atoms with van der Waals surface area (Å²) in [5.74, 6) is -2.11. The first-order chi connectivity index (χ1) is 10.4. The van der Waals surface area contributed by atoms with Crippen molar-refractivity contribution in [1.29, 1.82) is 0 Å². The zero-order valence-electron chi connectivity index (χ0n) is 11.9. The molecule has 0 aliphatic rings. The molecule has 4 N–H and O–H groups in total. The van der Waals surface area contributed by atoms with Gasteiger partial charge in [0.05, 0.1) is 17.0 Å². The monoisotopic (exact) mass is 359 g/mol. The van der Waals surface area contributed by atoms with Crippen LogP contribution in [-0.4, -0.2) is 28.7 Å². The Kier molecular flexibility index (Phi) is 6.62. The Morgan fingerprint density at radius 1 is 1.26 bits per heavy atom. The van der Waals surface area contributed by atoms with E-state index in [2.05, 4.69) is 0 Å². The van der Waals surface area contributed by atoms with E-state index in [1.165, 1.54) is 6.07 Å². The number of aromatic carboxylic acids is 1. The lowest BCUT2D eigenvalue weighted by Gasteiger charge is -2.14. The molecule has 0 radical (unpaired) electrons. The zero-order chi connectivity index (χ0) is 16.3. The maximum Gasteiger partial charge on any atom is 0.338 e. The van der Waals surface area contributed by atoms with Crippen molar-refractivity contribution in [3.63, 3.8) is 0 Å². The molecule has 1 atom stereocenters. The Morgan fingerprint density at radius 3 is 2.48 bits per heavy atom. The first kappa shape index (κ1) is 19.0. The quantitative estimate of drug-likeness (QED) is 0.729. The van der Waals surface area contributed by atoms with E-state index in [4.69, 9.17) is 32.0 Å². The van der Waals surface area contributed by atoms with Crippen molar-refractivity contribution >= 4 is 35.9 Å². The van der Waals surface area contributed by atoms with Crippen molar-refractivity contribution in [1.82, 2.24) is 0 Å². The van der Waals surface area contributed by atoms with Gasteiger partial charge in [0.25, 0.3) is 0 Å². The van der Waals surface area contributed by atoms with Gasteiger partial charge in [-0.1, -0.05) is 17.7 Å². The highest BCUT2D eigenvalue weighted by molar-refractivity contribution is 6.33. The number of carboxylic acids is 2. The van der Waals surface area contributed by atoms with E-state index < -0.39 is 11.9 Å². The highest BCUT2D eigenvalue weighted by Gasteiger charge is 2.18. The molecule has 8 heteroatoms. The van der Waals surface area contributed by atoms with Crippen LogP contribution >= 0.6 is 24.0 Å². The molecule has 0 saturated heterocycles. The maximum absolute atomic E-state index is 10.9. The van der Waals surface area contributed by atoms with E-state index in [0.717, 1.165) is 6.26 Å². The molecule has 23 heavy (non-hydrogen) atoms. The predicted octanol–water partition coefficient (Wildman–Crippen LogP) is 3.24. The molecule has 1 aromatic carbocycles. The summed E-state index contributed by atoms with van der Waals surface area (Å²) in [6, 6.07) is 6.35. The first-order valence-corrected chi connectivity index (χ1v) is 6.83. The van der Waals surface area contributed by atoms with Gasteiger partial charge in [-0.15, -0.1) is 12.4 Å². The number of carbonyl (C=O) groups is 2. The number of benzene rings is 1. The fourth-order valence-electron chi connectivity index (χ4n) is 2.12. The van der Waals surface area contributed by atoms with E-state index in [9.17, 15) is 9.59 Å². The molecule has 0 unspecified atom stereocenters. The van der Waals surface area contributed by atoms with Gasteiger partial charge in [0, 0.05) is 11.5 Å².